The lowest BCUT2D eigenvalue weighted by molar-refractivity contribution is 0.327. The predicted molar refractivity (Wildman–Crippen MR) is 77.6 cm³/mol. The maximum Gasteiger partial charge on any atom is 0.242 e. The number of hydrogen-bond acceptors (Lipinski definition) is 3. The summed E-state index contributed by atoms with van der Waals surface area (Å²) < 4.78 is 27.4. The van der Waals surface area contributed by atoms with E-state index in [1.165, 1.54) is 12.1 Å². The fourth-order valence-electron chi connectivity index (χ4n) is 2.56. The maximum atomic E-state index is 12.3. The Hall–Kier alpha value is -0.780. The summed E-state index contributed by atoms with van der Waals surface area (Å²) in [5.74, 6) is 0.554. The number of nitrogen functional groups attached to an aromatic ring is 1. The first-order chi connectivity index (χ1) is 8.88. The van der Waals surface area contributed by atoms with Crippen molar-refractivity contribution in [2.75, 3.05) is 5.73 Å². The molecule has 0 radical (unpaired) electrons. The van der Waals surface area contributed by atoms with Crippen LogP contribution in [0.3, 0.4) is 0 Å². The highest BCUT2D eigenvalue weighted by molar-refractivity contribution is 7.89. The summed E-state index contributed by atoms with van der Waals surface area (Å²) in [5, 5.41) is 0.367. The van der Waals surface area contributed by atoms with Gasteiger partial charge in [0, 0.05) is 11.1 Å². The van der Waals surface area contributed by atoms with Gasteiger partial charge in [-0.1, -0.05) is 31.4 Å². The van der Waals surface area contributed by atoms with E-state index in [0.717, 1.165) is 25.7 Å². The smallest absolute Gasteiger partial charge is 0.242 e. The number of nitrogens with one attached hydrogen (secondary N) is 1. The highest BCUT2D eigenvalue weighted by Gasteiger charge is 2.26. The molecule has 0 heterocycles. The van der Waals surface area contributed by atoms with Crippen LogP contribution in [-0.4, -0.2) is 14.5 Å². The van der Waals surface area contributed by atoms with Gasteiger partial charge in [0.1, 0.15) is 4.90 Å². The second kappa shape index (κ2) is 5.69. The van der Waals surface area contributed by atoms with Crippen LogP contribution in [-0.2, 0) is 10.0 Å². The molecule has 2 rings (SSSR count). The Morgan fingerprint density at radius 1 is 1.37 bits per heavy atom. The van der Waals surface area contributed by atoms with Crippen molar-refractivity contribution in [1.29, 1.82) is 0 Å². The topological polar surface area (TPSA) is 72.2 Å². The molecular formula is C13H19ClN2O2S. The van der Waals surface area contributed by atoms with Crippen LogP contribution in [0.15, 0.2) is 23.1 Å². The lowest BCUT2D eigenvalue weighted by Crippen LogP contribution is -2.38. The van der Waals surface area contributed by atoms with Crippen molar-refractivity contribution in [2.24, 2.45) is 5.92 Å². The molecule has 1 aromatic carbocycles. The molecule has 0 bridgehead atoms. The van der Waals surface area contributed by atoms with Crippen molar-refractivity contribution in [3.05, 3.63) is 23.2 Å². The second-order valence-electron chi connectivity index (χ2n) is 5.27. The van der Waals surface area contributed by atoms with Gasteiger partial charge >= 0.3 is 0 Å². The summed E-state index contributed by atoms with van der Waals surface area (Å²) in [5.41, 5.74) is 5.95. The Labute approximate surface area is 119 Å². The Morgan fingerprint density at radius 2 is 2.11 bits per heavy atom. The number of anilines is 1. The molecule has 1 saturated carbocycles. The van der Waals surface area contributed by atoms with E-state index in [-0.39, 0.29) is 16.6 Å². The minimum atomic E-state index is -3.60. The first kappa shape index (κ1) is 14.6. The van der Waals surface area contributed by atoms with Crippen LogP contribution in [0.25, 0.3) is 0 Å². The van der Waals surface area contributed by atoms with Crippen LogP contribution in [0.5, 0.6) is 0 Å². The van der Waals surface area contributed by atoms with Crippen molar-refractivity contribution < 1.29 is 8.42 Å². The van der Waals surface area contributed by atoms with Crippen molar-refractivity contribution in [3.8, 4) is 0 Å². The van der Waals surface area contributed by atoms with Crippen molar-refractivity contribution in [1.82, 2.24) is 4.72 Å². The molecule has 19 heavy (non-hydrogen) atoms. The largest absolute Gasteiger partial charge is 0.398 e. The molecule has 4 nitrogen and oxygen atoms in total. The van der Waals surface area contributed by atoms with Gasteiger partial charge in [-0.25, -0.2) is 13.1 Å². The van der Waals surface area contributed by atoms with Crippen LogP contribution in [0, 0.1) is 5.92 Å². The van der Waals surface area contributed by atoms with Gasteiger partial charge in [0.05, 0.1) is 5.69 Å². The SMILES string of the molecule is CC1CCCC(NS(=O)(=O)c2cc(Cl)ccc2N)C1. The third-order valence-electron chi connectivity index (χ3n) is 3.52. The van der Waals surface area contributed by atoms with E-state index in [1.807, 2.05) is 0 Å². The third-order valence-corrected chi connectivity index (χ3v) is 5.33. The Morgan fingerprint density at radius 3 is 2.79 bits per heavy atom. The first-order valence-corrected chi connectivity index (χ1v) is 8.32. The molecule has 1 fully saturated rings. The molecule has 106 valence electrons. The molecule has 1 aromatic rings. The standard InChI is InChI=1S/C13H19ClN2O2S/c1-9-3-2-4-11(7-9)16-19(17,18)13-8-10(14)5-6-12(13)15/h5-6,8-9,11,16H,2-4,7,15H2,1H3. The van der Waals surface area contributed by atoms with Crippen molar-refractivity contribution in [2.45, 2.75) is 43.5 Å². The van der Waals surface area contributed by atoms with Crippen LogP contribution in [0.1, 0.15) is 32.6 Å². The molecular weight excluding hydrogens is 284 g/mol. The highest BCUT2D eigenvalue weighted by atomic mass is 35.5. The van der Waals surface area contributed by atoms with Crippen molar-refractivity contribution >= 4 is 27.3 Å². The molecule has 1 aliphatic rings. The van der Waals surface area contributed by atoms with E-state index in [0.29, 0.717) is 10.9 Å². The third kappa shape index (κ3) is 3.61. The van der Waals surface area contributed by atoms with E-state index in [2.05, 4.69) is 11.6 Å². The summed E-state index contributed by atoms with van der Waals surface area (Å²) in [4.78, 5) is 0.0678. The predicted octanol–water partition coefficient (Wildman–Crippen LogP) is 2.78. The molecule has 3 N–H and O–H groups in total. The number of sulfonamides is 1. The molecule has 0 saturated heterocycles. The van der Waals surface area contributed by atoms with Gasteiger partial charge in [0.25, 0.3) is 0 Å². The summed E-state index contributed by atoms with van der Waals surface area (Å²) >= 11 is 5.84. The zero-order chi connectivity index (χ0) is 14.0. The maximum absolute atomic E-state index is 12.3. The summed E-state index contributed by atoms with van der Waals surface area (Å²) in [7, 11) is -3.60. The Bertz CT molecular complexity index is 560. The van der Waals surface area contributed by atoms with Gasteiger partial charge in [-0.3, -0.25) is 0 Å². The zero-order valence-corrected chi connectivity index (χ0v) is 12.5. The summed E-state index contributed by atoms with van der Waals surface area (Å²) in [6.45, 7) is 2.15. The molecule has 0 amide bonds. The molecule has 0 aliphatic heterocycles. The Kier molecular flexibility index (Phi) is 4.38. The number of benzene rings is 1. The number of halogens is 1. The minimum absolute atomic E-state index is 0.00729. The second-order valence-corrected chi connectivity index (χ2v) is 7.39. The first-order valence-electron chi connectivity index (χ1n) is 6.46. The molecule has 6 heteroatoms. The van der Waals surface area contributed by atoms with Crippen LogP contribution >= 0.6 is 11.6 Å². The summed E-state index contributed by atoms with van der Waals surface area (Å²) in [6.07, 6.45) is 3.97. The minimum Gasteiger partial charge on any atom is -0.398 e. The lowest BCUT2D eigenvalue weighted by atomic mass is 9.88. The van der Waals surface area contributed by atoms with Crippen LogP contribution < -0.4 is 10.5 Å². The summed E-state index contributed by atoms with van der Waals surface area (Å²) in [6, 6.07) is 4.48. The van der Waals surface area contributed by atoms with Gasteiger partial charge in [-0.05, 0) is 37.0 Å². The van der Waals surface area contributed by atoms with Gasteiger partial charge in [-0.2, -0.15) is 0 Å². The molecule has 1 aliphatic carbocycles. The van der Waals surface area contributed by atoms with E-state index in [1.54, 1.807) is 6.07 Å². The van der Waals surface area contributed by atoms with Gasteiger partial charge < -0.3 is 5.73 Å². The van der Waals surface area contributed by atoms with E-state index < -0.39 is 10.0 Å². The monoisotopic (exact) mass is 302 g/mol. The average molecular weight is 303 g/mol. The van der Waals surface area contributed by atoms with E-state index in [4.69, 9.17) is 17.3 Å². The fraction of sp³-hybridized carbons (Fsp3) is 0.538. The highest BCUT2D eigenvalue weighted by Crippen LogP contribution is 2.27. The average Bonchev–Trinajstić information content (AvgIpc) is 2.31. The van der Waals surface area contributed by atoms with E-state index >= 15 is 0 Å². The zero-order valence-electron chi connectivity index (χ0n) is 10.9. The lowest BCUT2D eigenvalue weighted by Gasteiger charge is -2.27. The van der Waals surface area contributed by atoms with E-state index in [9.17, 15) is 8.42 Å². The van der Waals surface area contributed by atoms with Gasteiger partial charge in [-0.15, -0.1) is 0 Å². The molecule has 2 unspecified atom stereocenters. The molecule has 0 spiro atoms. The number of nitrogens with two attached hydrogens (primary N) is 1. The number of hydrogen-bond donors (Lipinski definition) is 2. The van der Waals surface area contributed by atoms with Crippen molar-refractivity contribution in [3.63, 3.8) is 0 Å². The normalized spacial score (nSPS) is 24.3. The van der Waals surface area contributed by atoms with Gasteiger partial charge in [0.2, 0.25) is 10.0 Å². The molecule has 2 atom stereocenters. The Balaban J connectivity index is 2.20. The fourth-order valence-corrected chi connectivity index (χ4v) is 4.24. The van der Waals surface area contributed by atoms with Gasteiger partial charge in [0.15, 0.2) is 0 Å². The van der Waals surface area contributed by atoms with Crippen LogP contribution in [0.2, 0.25) is 5.02 Å². The molecule has 0 aromatic heterocycles. The number of rotatable bonds is 3. The van der Waals surface area contributed by atoms with Crippen LogP contribution in [0.4, 0.5) is 5.69 Å². The quantitative estimate of drug-likeness (QED) is 0.843.